The fraction of sp³-hybridized carbons (Fsp3) is 0.111. The lowest BCUT2D eigenvalue weighted by atomic mass is 10.1. The molecule has 6 heteroatoms. The third-order valence-electron chi connectivity index (χ3n) is 1.66. The average Bonchev–Trinajstić information content (AvgIpc) is 2.18. The lowest BCUT2D eigenvalue weighted by Gasteiger charge is -2.09. The van der Waals surface area contributed by atoms with Crippen molar-refractivity contribution in [2.45, 2.75) is 0 Å². The normalized spacial score (nSPS) is 9.40. The van der Waals surface area contributed by atoms with E-state index >= 15 is 0 Å². The molecule has 0 aliphatic rings. The highest BCUT2D eigenvalue weighted by Crippen LogP contribution is 2.31. The van der Waals surface area contributed by atoms with E-state index in [9.17, 15) is 4.79 Å². The van der Waals surface area contributed by atoms with Crippen LogP contribution in [-0.4, -0.2) is 17.6 Å². The molecular weight excluding hydrogens is 239 g/mol. The molecule has 0 fully saturated rings. The highest BCUT2D eigenvalue weighted by molar-refractivity contribution is 6.38. The monoisotopic (exact) mass is 244 g/mol. The Morgan fingerprint density at radius 3 is 2.60 bits per heavy atom. The van der Waals surface area contributed by atoms with Gasteiger partial charge in [-0.1, -0.05) is 23.2 Å². The molecule has 0 unspecified atom stereocenters. The van der Waals surface area contributed by atoms with Gasteiger partial charge in [-0.25, -0.2) is 4.79 Å². The number of benzene rings is 1. The Bertz CT molecular complexity index is 440. The van der Waals surface area contributed by atoms with Gasteiger partial charge in [0.2, 0.25) is 0 Å². The van der Waals surface area contributed by atoms with E-state index in [-0.39, 0.29) is 27.8 Å². The Hall–Kier alpha value is -1.44. The van der Waals surface area contributed by atoms with Crippen molar-refractivity contribution < 1.29 is 9.90 Å². The van der Waals surface area contributed by atoms with Gasteiger partial charge in [0.1, 0.15) is 12.1 Å². The van der Waals surface area contributed by atoms with Gasteiger partial charge in [0, 0.05) is 0 Å². The zero-order valence-electron chi connectivity index (χ0n) is 7.42. The maximum absolute atomic E-state index is 10.9. The first kappa shape index (κ1) is 11.6. The summed E-state index contributed by atoms with van der Waals surface area (Å²) >= 11 is 11.5. The minimum Gasteiger partial charge on any atom is -0.478 e. The summed E-state index contributed by atoms with van der Waals surface area (Å²) in [5, 5.41) is 20.2. The molecule has 0 amide bonds. The Morgan fingerprint density at radius 1 is 1.47 bits per heavy atom. The summed E-state index contributed by atoms with van der Waals surface area (Å²) in [4.78, 5) is 10.9. The third kappa shape index (κ3) is 2.52. The molecule has 1 aromatic carbocycles. The predicted octanol–water partition coefficient (Wildman–Crippen LogP) is 2.63. The first-order chi connectivity index (χ1) is 7.07. The van der Waals surface area contributed by atoms with Crippen molar-refractivity contribution in [3.63, 3.8) is 0 Å². The highest BCUT2D eigenvalue weighted by atomic mass is 35.5. The summed E-state index contributed by atoms with van der Waals surface area (Å²) in [5.41, 5.74) is 0.0395. The molecular formula is C9H6Cl2N2O2. The summed E-state index contributed by atoms with van der Waals surface area (Å²) in [6.45, 7) is -0.0413. The van der Waals surface area contributed by atoms with Gasteiger partial charge in [-0.05, 0) is 12.1 Å². The van der Waals surface area contributed by atoms with Crippen LogP contribution < -0.4 is 5.32 Å². The van der Waals surface area contributed by atoms with Crippen molar-refractivity contribution in [2.24, 2.45) is 0 Å². The third-order valence-corrected chi connectivity index (χ3v) is 2.29. The highest BCUT2D eigenvalue weighted by Gasteiger charge is 2.17. The van der Waals surface area contributed by atoms with Crippen LogP contribution in [0.4, 0.5) is 5.69 Å². The summed E-state index contributed by atoms with van der Waals surface area (Å²) in [6, 6.07) is 4.69. The van der Waals surface area contributed by atoms with Crippen LogP contribution in [0.1, 0.15) is 10.4 Å². The van der Waals surface area contributed by atoms with Crippen LogP contribution in [0.15, 0.2) is 12.1 Å². The fourth-order valence-corrected chi connectivity index (χ4v) is 1.52. The van der Waals surface area contributed by atoms with Gasteiger partial charge in [0.05, 0.1) is 21.8 Å². The van der Waals surface area contributed by atoms with E-state index in [1.165, 1.54) is 12.1 Å². The Balaban J connectivity index is 3.26. The van der Waals surface area contributed by atoms with Crippen LogP contribution in [0.25, 0.3) is 0 Å². The molecule has 0 heterocycles. The number of nitrogens with one attached hydrogen (secondary N) is 1. The molecule has 0 aromatic heterocycles. The summed E-state index contributed by atoms with van der Waals surface area (Å²) < 4.78 is 0. The van der Waals surface area contributed by atoms with Gasteiger partial charge in [-0.3, -0.25) is 0 Å². The molecule has 0 spiro atoms. The second kappa shape index (κ2) is 4.87. The number of carbonyl (C=O) groups is 1. The molecule has 0 radical (unpaired) electrons. The summed E-state index contributed by atoms with van der Waals surface area (Å²) in [5.74, 6) is -1.19. The Morgan fingerprint density at radius 2 is 2.07 bits per heavy atom. The maximum Gasteiger partial charge on any atom is 0.339 e. The van der Waals surface area contributed by atoms with Crippen molar-refractivity contribution in [2.75, 3.05) is 11.9 Å². The van der Waals surface area contributed by atoms with Crippen LogP contribution in [-0.2, 0) is 0 Å². The van der Waals surface area contributed by atoms with Crippen LogP contribution in [0.5, 0.6) is 0 Å². The number of anilines is 1. The first-order valence-electron chi connectivity index (χ1n) is 3.90. The minimum absolute atomic E-state index is 0.0413. The van der Waals surface area contributed by atoms with Gasteiger partial charge >= 0.3 is 5.97 Å². The molecule has 4 nitrogen and oxygen atoms in total. The molecule has 15 heavy (non-hydrogen) atoms. The summed E-state index contributed by atoms with van der Waals surface area (Å²) in [6.07, 6.45) is 0. The SMILES string of the molecule is N#CCNc1c(Cl)ccc(Cl)c1C(=O)O. The first-order valence-corrected chi connectivity index (χ1v) is 4.65. The zero-order valence-corrected chi connectivity index (χ0v) is 8.93. The number of carboxylic acids is 1. The molecule has 0 aliphatic heterocycles. The molecule has 0 atom stereocenters. The van der Waals surface area contributed by atoms with Crippen LogP contribution in [0.3, 0.4) is 0 Å². The second-order valence-electron chi connectivity index (χ2n) is 2.60. The zero-order chi connectivity index (χ0) is 11.4. The average molecular weight is 245 g/mol. The van der Waals surface area contributed by atoms with E-state index in [1.54, 1.807) is 0 Å². The topological polar surface area (TPSA) is 73.1 Å². The largest absolute Gasteiger partial charge is 0.478 e. The van der Waals surface area contributed by atoms with Crippen molar-refractivity contribution >= 4 is 34.9 Å². The number of aromatic carboxylic acids is 1. The van der Waals surface area contributed by atoms with Crippen LogP contribution >= 0.6 is 23.2 Å². The smallest absolute Gasteiger partial charge is 0.339 e. The lowest BCUT2D eigenvalue weighted by Crippen LogP contribution is -2.07. The summed E-state index contributed by atoms with van der Waals surface area (Å²) in [7, 11) is 0. The van der Waals surface area contributed by atoms with E-state index in [2.05, 4.69) is 5.32 Å². The number of hydrogen-bond acceptors (Lipinski definition) is 3. The Labute approximate surface area is 96.0 Å². The number of carboxylic acid groups (broad SMARTS) is 1. The molecule has 1 rings (SSSR count). The number of rotatable bonds is 3. The van der Waals surface area contributed by atoms with Crippen LogP contribution in [0.2, 0.25) is 10.0 Å². The van der Waals surface area contributed by atoms with Crippen molar-refractivity contribution in [1.82, 2.24) is 0 Å². The van der Waals surface area contributed by atoms with E-state index in [1.807, 2.05) is 6.07 Å². The number of nitrogens with zero attached hydrogens (tertiary/aromatic N) is 1. The molecule has 0 saturated heterocycles. The number of halogens is 2. The molecule has 1 aromatic rings. The molecule has 0 bridgehead atoms. The van der Waals surface area contributed by atoms with Crippen LogP contribution in [0, 0.1) is 11.3 Å². The number of hydrogen-bond donors (Lipinski definition) is 2. The van der Waals surface area contributed by atoms with E-state index in [0.717, 1.165) is 0 Å². The van der Waals surface area contributed by atoms with E-state index in [0.29, 0.717) is 0 Å². The molecule has 0 aliphatic carbocycles. The van der Waals surface area contributed by atoms with Crippen molar-refractivity contribution in [3.8, 4) is 6.07 Å². The van der Waals surface area contributed by atoms with Gasteiger partial charge in [0.25, 0.3) is 0 Å². The number of nitriles is 1. The van der Waals surface area contributed by atoms with E-state index < -0.39 is 5.97 Å². The fourth-order valence-electron chi connectivity index (χ4n) is 1.06. The van der Waals surface area contributed by atoms with E-state index in [4.69, 9.17) is 33.6 Å². The molecule has 0 saturated carbocycles. The van der Waals surface area contributed by atoms with Crippen molar-refractivity contribution in [1.29, 1.82) is 5.26 Å². The quantitative estimate of drug-likeness (QED) is 0.802. The molecule has 2 N–H and O–H groups in total. The second-order valence-corrected chi connectivity index (χ2v) is 3.41. The maximum atomic E-state index is 10.9. The molecule has 78 valence electrons. The van der Waals surface area contributed by atoms with Gasteiger partial charge in [-0.2, -0.15) is 5.26 Å². The standard InChI is InChI=1S/C9H6Cl2N2O2/c10-5-1-2-6(11)8(13-4-3-12)7(5)9(14)15/h1-2,13H,4H2,(H,14,15). The van der Waals surface area contributed by atoms with Gasteiger partial charge in [0.15, 0.2) is 0 Å². The van der Waals surface area contributed by atoms with Crippen molar-refractivity contribution in [3.05, 3.63) is 27.7 Å². The van der Waals surface area contributed by atoms with Gasteiger partial charge < -0.3 is 10.4 Å². The minimum atomic E-state index is -1.19. The Kier molecular flexibility index (Phi) is 3.78. The lowest BCUT2D eigenvalue weighted by molar-refractivity contribution is 0.0698. The predicted molar refractivity (Wildman–Crippen MR) is 57.5 cm³/mol. The van der Waals surface area contributed by atoms with Gasteiger partial charge in [-0.15, -0.1) is 0 Å².